The van der Waals surface area contributed by atoms with Crippen molar-refractivity contribution < 1.29 is 23.0 Å². The fourth-order valence-electron chi connectivity index (χ4n) is 2.43. The van der Waals surface area contributed by atoms with Gasteiger partial charge in [0.2, 0.25) is 0 Å². The molecule has 0 atom stereocenters. The molecular weight excluding hydrogens is 352 g/mol. The molecule has 0 bridgehead atoms. The third-order valence-corrected chi connectivity index (χ3v) is 3.71. The van der Waals surface area contributed by atoms with E-state index in [1.165, 1.54) is 12.1 Å². The fraction of sp³-hybridized carbons (Fsp3) is 0.0952. The Morgan fingerprint density at radius 1 is 0.889 bits per heavy atom. The lowest BCUT2D eigenvalue weighted by molar-refractivity contribution is -0.0498. The third kappa shape index (κ3) is 5.28. The largest absolute Gasteiger partial charge is 0.488 e. The number of halogens is 2. The van der Waals surface area contributed by atoms with Gasteiger partial charge in [-0.15, -0.1) is 0 Å². The zero-order chi connectivity index (χ0) is 19.1. The van der Waals surface area contributed by atoms with Crippen molar-refractivity contribution >= 4 is 11.6 Å². The number of nitrogens with one attached hydrogen (secondary N) is 1. The van der Waals surface area contributed by atoms with Crippen molar-refractivity contribution in [3.8, 4) is 11.5 Å². The first-order valence-electron chi connectivity index (χ1n) is 8.24. The van der Waals surface area contributed by atoms with Gasteiger partial charge in [0.05, 0.1) is 5.56 Å². The number of hydrogen-bond acceptors (Lipinski definition) is 3. The van der Waals surface area contributed by atoms with Gasteiger partial charge < -0.3 is 14.8 Å². The lowest BCUT2D eigenvalue weighted by atomic mass is 10.1. The van der Waals surface area contributed by atoms with Crippen molar-refractivity contribution in [1.29, 1.82) is 0 Å². The molecule has 4 nitrogen and oxygen atoms in total. The van der Waals surface area contributed by atoms with E-state index in [9.17, 15) is 13.6 Å². The van der Waals surface area contributed by atoms with E-state index >= 15 is 0 Å². The lowest BCUT2D eigenvalue weighted by Crippen LogP contribution is -2.13. The first-order chi connectivity index (χ1) is 13.1. The SMILES string of the molecule is O=C(Nc1ccccc1)c1ccccc1OCc1ccc(OC(F)F)cc1. The minimum absolute atomic E-state index is 0.0800. The van der Waals surface area contributed by atoms with Crippen LogP contribution in [0.15, 0.2) is 78.9 Å². The van der Waals surface area contributed by atoms with Crippen LogP contribution in [0, 0.1) is 0 Å². The molecule has 0 fully saturated rings. The summed E-state index contributed by atoms with van der Waals surface area (Å²) in [5.41, 5.74) is 1.85. The molecule has 3 aromatic carbocycles. The molecule has 0 heterocycles. The maximum absolute atomic E-state index is 12.5. The summed E-state index contributed by atoms with van der Waals surface area (Å²) >= 11 is 0. The molecule has 27 heavy (non-hydrogen) atoms. The predicted molar refractivity (Wildman–Crippen MR) is 98.2 cm³/mol. The normalized spacial score (nSPS) is 10.5. The summed E-state index contributed by atoms with van der Waals surface area (Å²) in [6, 6.07) is 22.2. The van der Waals surface area contributed by atoms with Gasteiger partial charge in [-0.05, 0) is 42.0 Å². The van der Waals surface area contributed by atoms with Crippen LogP contribution < -0.4 is 14.8 Å². The van der Waals surface area contributed by atoms with Gasteiger partial charge in [0.15, 0.2) is 0 Å². The summed E-state index contributed by atoms with van der Waals surface area (Å²) in [5, 5.41) is 2.82. The standard InChI is InChI=1S/C21H17F2NO3/c22-21(23)27-17-12-10-15(11-13-17)14-26-19-9-5-4-8-18(19)20(25)24-16-6-2-1-3-7-16/h1-13,21H,14H2,(H,24,25). The molecule has 0 aliphatic carbocycles. The number of ether oxygens (including phenoxy) is 2. The summed E-state index contributed by atoms with van der Waals surface area (Å²) in [5.74, 6) is 0.229. The molecule has 138 valence electrons. The summed E-state index contributed by atoms with van der Waals surface area (Å²) in [6.07, 6.45) is 0. The van der Waals surface area contributed by atoms with Crippen molar-refractivity contribution in [2.24, 2.45) is 0 Å². The van der Waals surface area contributed by atoms with Crippen LogP contribution in [0.3, 0.4) is 0 Å². The summed E-state index contributed by atoms with van der Waals surface area (Å²) in [7, 11) is 0. The molecule has 0 spiro atoms. The smallest absolute Gasteiger partial charge is 0.387 e. The summed E-state index contributed by atoms with van der Waals surface area (Å²) in [4.78, 5) is 12.5. The van der Waals surface area contributed by atoms with Gasteiger partial charge in [-0.25, -0.2) is 0 Å². The number of benzene rings is 3. The van der Waals surface area contributed by atoms with Crippen molar-refractivity contribution in [3.05, 3.63) is 90.0 Å². The fourth-order valence-corrected chi connectivity index (χ4v) is 2.43. The van der Waals surface area contributed by atoms with Crippen molar-refractivity contribution in [2.75, 3.05) is 5.32 Å². The molecule has 1 amide bonds. The molecule has 0 saturated heterocycles. The summed E-state index contributed by atoms with van der Waals surface area (Å²) in [6.45, 7) is -2.67. The van der Waals surface area contributed by atoms with E-state index in [0.29, 0.717) is 17.0 Å². The van der Waals surface area contributed by atoms with Crippen LogP contribution in [0.5, 0.6) is 11.5 Å². The first-order valence-corrected chi connectivity index (χ1v) is 8.24. The summed E-state index contributed by atoms with van der Waals surface area (Å²) < 4.78 is 34.4. The monoisotopic (exact) mass is 369 g/mol. The molecule has 1 N–H and O–H groups in total. The number of amides is 1. The zero-order valence-corrected chi connectivity index (χ0v) is 14.3. The van der Waals surface area contributed by atoms with Gasteiger partial charge >= 0.3 is 6.61 Å². The second-order valence-corrected chi connectivity index (χ2v) is 5.63. The Balaban J connectivity index is 1.66. The lowest BCUT2D eigenvalue weighted by Gasteiger charge is -2.12. The second kappa shape index (κ2) is 8.80. The van der Waals surface area contributed by atoms with Crippen LogP contribution in [-0.2, 0) is 6.61 Å². The molecule has 6 heteroatoms. The van der Waals surface area contributed by atoms with Gasteiger partial charge in [0, 0.05) is 5.69 Å². The van der Waals surface area contributed by atoms with Crippen LogP contribution in [-0.4, -0.2) is 12.5 Å². The Labute approximate surface area is 155 Å². The van der Waals surface area contributed by atoms with Gasteiger partial charge in [-0.1, -0.05) is 42.5 Å². The van der Waals surface area contributed by atoms with Gasteiger partial charge in [-0.3, -0.25) is 4.79 Å². The molecule has 0 saturated carbocycles. The Kier molecular flexibility index (Phi) is 5.99. The Bertz CT molecular complexity index is 883. The molecule has 0 aliphatic heterocycles. The highest BCUT2D eigenvalue weighted by atomic mass is 19.3. The average molecular weight is 369 g/mol. The number of carbonyl (C=O) groups is 1. The minimum Gasteiger partial charge on any atom is -0.488 e. The van der Waals surface area contributed by atoms with Gasteiger partial charge in [0.25, 0.3) is 5.91 Å². The molecule has 3 aromatic rings. The number of rotatable bonds is 7. The topological polar surface area (TPSA) is 47.6 Å². The van der Waals surface area contributed by atoms with E-state index in [0.717, 1.165) is 5.56 Å². The molecule has 3 rings (SSSR count). The number of carbonyl (C=O) groups excluding carboxylic acids is 1. The van der Waals surface area contributed by atoms with Gasteiger partial charge in [0.1, 0.15) is 18.1 Å². The Morgan fingerprint density at radius 2 is 1.56 bits per heavy atom. The number of para-hydroxylation sites is 2. The van der Waals surface area contributed by atoms with Crippen molar-refractivity contribution in [2.45, 2.75) is 13.2 Å². The predicted octanol–water partition coefficient (Wildman–Crippen LogP) is 5.12. The highest BCUT2D eigenvalue weighted by Gasteiger charge is 2.12. The maximum Gasteiger partial charge on any atom is 0.387 e. The number of hydrogen-bond donors (Lipinski definition) is 1. The van der Waals surface area contributed by atoms with E-state index < -0.39 is 6.61 Å². The van der Waals surface area contributed by atoms with Crippen LogP contribution in [0.2, 0.25) is 0 Å². The molecular formula is C21H17F2NO3. The van der Waals surface area contributed by atoms with Crippen LogP contribution in [0.1, 0.15) is 15.9 Å². The van der Waals surface area contributed by atoms with E-state index in [1.54, 1.807) is 48.5 Å². The van der Waals surface area contributed by atoms with E-state index in [4.69, 9.17) is 4.74 Å². The van der Waals surface area contributed by atoms with E-state index in [1.807, 2.05) is 18.2 Å². The average Bonchev–Trinajstić information content (AvgIpc) is 2.68. The highest BCUT2D eigenvalue weighted by molar-refractivity contribution is 6.06. The van der Waals surface area contributed by atoms with Crippen LogP contribution >= 0.6 is 0 Å². The van der Waals surface area contributed by atoms with Crippen LogP contribution in [0.4, 0.5) is 14.5 Å². The molecule has 0 aliphatic rings. The van der Waals surface area contributed by atoms with Crippen LogP contribution in [0.25, 0.3) is 0 Å². The number of anilines is 1. The molecule has 0 radical (unpaired) electrons. The Hall–Kier alpha value is -3.41. The number of alkyl halides is 2. The third-order valence-electron chi connectivity index (χ3n) is 3.71. The highest BCUT2D eigenvalue weighted by Crippen LogP contribution is 2.22. The first kappa shape index (κ1) is 18.4. The van der Waals surface area contributed by atoms with Crippen molar-refractivity contribution in [3.63, 3.8) is 0 Å². The van der Waals surface area contributed by atoms with Crippen molar-refractivity contribution in [1.82, 2.24) is 0 Å². The minimum atomic E-state index is -2.86. The molecule has 0 aromatic heterocycles. The second-order valence-electron chi connectivity index (χ2n) is 5.63. The maximum atomic E-state index is 12.5. The van der Waals surface area contributed by atoms with E-state index in [2.05, 4.69) is 10.1 Å². The van der Waals surface area contributed by atoms with E-state index in [-0.39, 0.29) is 18.3 Å². The van der Waals surface area contributed by atoms with Gasteiger partial charge in [-0.2, -0.15) is 8.78 Å². The zero-order valence-electron chi connectivity index (χ0n) is 14.3. The quantitative estimate of drug-likeness (QED) is 0.629. The Morgan fingerprint density at radius 3 is 2.26 bits per heavy atom. The molecule has 0 unspecified atom stereocenters.